The number of para-hydroxylation sites is 2. The Balaban J connectivity index is 1.49. The van der Waals surface area contributed by atoms with Crippen LogP contribution >= 0.6 is 23.8 Å². The van der Waals surface area contributed by atoms with E-state index in [0.717, 1.165) is 33.9 Å². The van der Waals surface area contributed by atoms with Crippen molar-refractivity contribution < 1.29 is 9.53 Å². The molecule has 0 aliphatic carbocycles. The maximum Gasteiger partial charge on any atom is 0.226 e. The Kier molecular flexibility index (Phi) is 8.09. The molecule has 1 amide bonds. The Bertz CT molecular complexity index is 1550. The predicted octanol–water partition coefficient (Wildman–Crippen LogP) is 6.46. The SMILES string of the molecule is COc1ccccc1NC(=O)CCN1C(=S)N[C@@H](c2ccccn2)[C@@H]1c1cc(C)n(-c2cc(Cl)ccc2C)c1C. The molecule has 3 heterocycles. The summed E-state index contributed by atoms with van der Waals surface area (Å²) in [5.41, 5.74) is 6.99. The van der Waals surface area contributed by atoms with Crippen molar-refractivity contribution in [3.63, 3.8) is 0 Å². The second-order valence-electron chi connectivity index (χ2n) is 9.91. The highest BCUT2D eigenvalue weighted by Crippen LogP contribution is 2.42. The number of nitrogens with zero attached hydrogens (tertiary/aromatic N) is 3. The number of halogens is 1. The fourth-order valence-electron chi connectivity index (χ4n) is 5.45. The minimum Gasteiger partial charge on any atom is -0.495 e. The van der Waals surface area contributed by atoms with Crippen molar-refractivity contribution in [2.75, 3.05) is 19.0 Å². The second-order valence-corrected chi connectivity index (χ2v) is 10.7. The molecular weight excluding hydrogens is 542 g/mol. The molecule has 0 spiro atoms. The van der Waals surface area contributed by atoms with Crippen LogP contribution in [0.3, 0.4) is 0 Å². The van der Waals surface area contributed by atoms with E-state index in [4.69, 9.17) is 28.6 Å². The lowest BCUT2D eigenvalue weighted by Crippen LogP contribution is -2.33. The average molecular weight is 574 g/mol. The van der Waals surface area contributed by atoms with Crippen LogP contribution < -0.4 is 15.4 Å². The number of hydrogen-bond donors (Lipinski definition) is 2. The number of anilines is 1. The number of methoxy groups -OCH3 is 1. The summed E-state index contributed by atoms with van der Waals surface area (Å²) in [6.45, 7) is 6.73. The van der Waals surface area contributed by atoms with E-state index in [9.17, 15) is 4.79 Å². The Morgan fingerprint density at radius 1 is 1.10 bits per heavy atom. The number of carbonyl (C=O) groups excluding carboxylic acids is 1. The summed E-state index contributed by atoms with van der Waals surface area (Å²) < 4.78 is 7.62. The Morgan fingerprint density at radius 2 is 1.88 bits per heavy atom. The Labute approximate surface area is 245 Å². The number of nitrogens with one attached hydrogen (secondary N) is 2. The minimum atomic E-state index is -0.180. The molecule has 7 nitrogen and oxygen atoms in total. The van der Waals surface area contributed by atoms with Gasteiger partial charge in [0.25, 0.3) is 0 Å². The summed E-state index contributed by atoms with van der Waals surface area (Å²) in [4.78, 5) is 19.8. The van der Waals surface area contributed by atoms with Gasteiger partial charge in [0.05, 0.1) is 30.6 Å². The topological polar surface area (TPSA) is 71.4 Å². The maximum absolute atomic E-state index is 13.0. The molecule has 2 N–H and O–H groups in total. The molecule has 0 saturated carbocycles. The van der Waals surface area contributed by atoms with Gasteiger partial charge in [-0.2, -0.15) is 0 Å². The summed E-state index contributed by atoms with van der Waals surface area (Å²) in [5.74, 6) is 0.499. The molecule has 1 aliphatic rings. The summed E-state index contributed by atoms with van der Waals surface area (Å²) in [7, 11) is 1.59. The van der Waals surface area contributed by atoms with Crippen molar-refractivity contribution in [2.24, 2.45) is 0 Å². The van der Waals surface area contributed by atoms with Crippen LogP contribution in [-0.2, 0) is 4.79 Å². The van der Waals surface area contributed by atoms with E-state index in [0.29, 0.717) is 28.1 Å². The van der Waals surface area contributed by atoms with Gasteiger partial charge in [0.2, 0.25) is 5.91 Å². The largest absolute Gasteiger partial charge is 0.495 e. The van der Waals surface area contributed by atoms with Crippen LogP contribution in [0.15, 0.2) is 72.9 Å². The highest BCUT2D eigenvalue weighted by Gasteiger charge is 2.41. The number of ether oxygens (including phenoxy) is 1. The van der Waals surface area contributed by atoms with Crippen molar-refractivity contribution in [2.45, 2.75) is 39.3 Å². The quantitative estimate of drug-likeness (QED) is 0.236. The smallest absolute Gasteiger partial charge is 0.226 e. The van der Waals surface area contributed by atoms with E-state index >= 15 is 0 Å². The first-order valence-electron chi connectivity index (χ1n) is 13.1. The zero-order chi connectivity index (χ0) is 28.4. The highest BCUT2D eigenvalue weighted by molar-refractivity contribution is 7.80. The number of thiocarbonyl (C=S) groups is 1. The molecule has 0 bridgehead atoms. The number of carbonyl (C=O) groups is 1. The van der Waals surface area contributed by atoms with Gasteiger partial charge in [-0.1, -0.05) is 35.9 Å². The third-order valence-electron chi connectivity index (χ3n) is 7.36. The monoisotopic (exact) mass is 573 g/mol. The van der Waals surface area contributed by atoms with Gasteiger partial charge in [-0.05, 0) is 86.6 Å². The first-order valence-corrected chi connectivity index (χ1v) is 13.9. The van der Waals surface area contributed by atoms with Gasteiger partial charge in [0.1, 0.15) is 5.75 Å². The van der Waals surface area contributed by atoms with E-state index in [-0.39, 0.29) is 24.4 Å². The summed E-state index contributed by atoms with van der Waals surface area (Å²) in [6, 6.07) is 21.1. The maximum atomic E-state index is 13.0. The van der Waals surface area contributed by atoms with Crippen LogP contribution in [0.25, 0.3) is 5.69 Å². The number of aromatic nitrogens is 2. The molecule has 9 heteroatoms. The van der Waals surface area contributed by atoms with Crippen molar-refractivity contribution in [3.05, 3.63) is 106 Å². The summed E-state index contributed by atoms with van der Waals surface area (Å²) in [6.07, 6.45) is 2.04. The zero-order valence-electron chi connectivity index (χ0n) is 22.9. The van der Waals surface area contributed by atoms with Crippen LogP contribution in [0.4, 0.5) is 5.69 Å². The third-order valence-corrected chi connectivity index (χ3v) is 7.95. The molecular formula is C31H32ClN5O2S. The van der Waals surface area contributed by atoms with Gasteiger partial charge >= 0.3 is 0 Å². The molecule has 4 aromatic rings. The molecule has 0 unspecified atom stereocenters. The molecule has 2 aromatic carbocycles. The number of pyridine rings is 1. The summed E-state index contributed by atoms with van der Waals surface area (Å²) in [5, 5.41) is 7.74. The molecule has 5 rings (SSSR count). The van der Waals surface area contributed by atoms with Gasteiger partial charge in [0.15, 0.2) is 5.11 Å². The number of benzene rings is 2. The van der Waals surface area contributed by atoms with Gasteiger partial charge in [0, 0.05) is 41.3 Å². The number of amides is 1. The molecule has 1 saturated heterocycles. The minimum absolute atomic E-state index is 0.118. The lowest BCUT2D eigenvalue weighted by molar-refractivity contribution is -0.116. The fourth-order valence-corrected chi connectivity index (χ4v) is 5.95. The normalized spacial score (nSPS) is 16.6. The molecule has 2 aromatic heterocycles. The Morgan fingerprint density at radius 3 is 2.62 bits per heavy atom. The lowest BCUT2D eigenvalue weighted by atomic mass is 9.96. The van der Waals surface area contributed by atoms with E-state index in [1.807, 2.05) is 60.7 Å². The van der Waals surface area contributed by atoms with E-state index in [1.54, 1.807) is 13.3 Å². The fraction of sp³-hybridized carbons (Fsp3) is 0.258. The van der Waals surface area contributed by atoms with Gasteiger partial charge in [-0.15, -0.1) is 0 Å². The molecule has 40 heavy (non-hydrogen) atoms. The highest BCUT2D eigenvalue weighted by atomic mass is 35.5. The van der Waals surface area contributed by atoms with Crippen LogP contribution in [0.2, 0.25) is 5.02 Å². The van der Waals surface area contributed by atoms with Crippen LogP contribution in [-0.4, -0.2) is 39.1 Å². The molecule has 2 atom stereocenters. The zero-order valence-corrected chi connectivity index (χ0v) is 24.5. The summed E-state index contributed by atoms with van der Waals surface area (Å²) >= 11 is 12.2. The molecule has 1 aliphatic heterocycles. The van der Waals surface area contributed by atoms with E-state index < -0.39 is 0 Å². The van der Waals surface area contributed by atoms with E-state index in [1.165, 1.54) is 0 Å². The lowest BCUT2D eigenvalue weighted by Gasteiger charge is -2.28. The van der Waals surface area contributed by atoms with Gasteiger partial charge in [-0.25, -0.2) is 0 Å². The number of aryl methyl sites for hydroxylation is 2. The second kappa shape index (κ2) is 11.7. The van der Waals surface area contributed by atoms with Crippen molar-refractivity contribution in [1.29, 1.82) is 0 Å². The van der Waals surface area contributed by atoms with Gasteiger partial charge in [-0.3, -0.25) is 9.78 Å². The molecule has 0 radical (unpaired) electrons. The number of rotatable bonds is 8. The standard InChI is InChI=1S/C31H32ClN5O2S/c1-19-12-13-22(32)18-26(19)37-20(2)17-23(21(37)3)30-29(25-10-7-8-15-33-25)35-31(40)36(30)16-14-28(38)34-24-9-5-6-11-27(24)39-4/h5-13,15,17-18,29-30H,14,16H2,1-4H3,(H,34,38)(H,35,40)/t29-,30-/m0/s1. The van der Waals surface area contributed by atoms with Crippen molar-refractivity contribution >= 4 is 40.5 Å². The third kappa shape index (κ3) is 5.42. The van der Waals surface area contributed by atoms with Crippen LogP contribution in [0.5, 0.6) is 5.75 Å². The average Bonchev–Trinajstić information content (AvgIpc) is 3.43. The molecule has 206 valence electrons. The van der Waals surface area contributed by atoms with Gasteiger partial charge < -0.3 is 24.8 Å². The predicted molar refractivity (Wildman–Crippen MR) is 163 cm³/mol. The van der Waals surface area contributed by atoms with Crippen LogP contribution in [0.1, 0.15) is 46.7 Å². The van der Waals surface area contributed by atoms with Crippen molar-refractivity contribution in [3.8, 4) is 11.4 Å². The molecule has 1 fully saturated rings. The van der Waals surface area contributed by atoms with Crippen molar-refractivity contribution in [1.82, 2.24) is 19.8 Å². The number of hydrogen-bond acceptors (Lipinski definition) is 4. The Hall–Kier alpha value is -3.88. The van der Waals surface area contributed by atoms with Crippen LogP contribution in [0, 0.1) is 20.8 Å². The van der Waals surface area contributed by atoms with E-state index in [2.05, 4.69) is 51.9 Å². The first-order chi connectivity index (χ1) is 19.3. The first kappa shape index (κ1) is 27.7.